The van der Waals surface area contributed by atoms with Crippen molar-refractivity contribution < 1.29 is 31.9 Å². The van der Waals surface area contributed by atoms with Crippen LogP contribution in [0, 0.1) is 5.82 Å². The maximum Gasteiger partial charge on any atom is 0.419 e. The van der Waals surface area contributed by atoms with Gasteiger partial charge in [0.2, 0.25) is 17.8 Å². The average molecular weight is 775 g/mol. The Hall–Kier alpha value is -5.16. The zero-order valence-electron chi connectivity index (χ0n) is 30.6. The summed E-state index contributed by atoms with van der Waals surface area (Å²) in [6.07, 6.45) is 4.38. The Morgan fingerprint density at radius 3 is 2.39 bits per heavy atom. The number of benzene rings is 1. The van der Waals surface area contributed by atoms with Crippen molar-refractivity contribution in [1.29, 1.82) is 0 Å². The number of pyridine rings is 1. The quantitative estimate of drug-likeness (QED) is 0.181. The number of nitrogens with zero attached hydrogens (tertiary/aromatic N) is 7. The van der Waals surface area contributed by atoms with Gasteiger partial charge in [-0.05, 0) is 81.4 Å². The molecule has 0 saturated carbocycles. The number of hydrogen-bond donors (Lipinski definition) is 3. The number of carbonyl (C=O) groups is 3. The zero-order chi connectivity index (χ0) is 38.7. The molecule has 13 nitrogen and oxygen atoms in total. The van der Waals surface area contributed by atoms with Gasteiger partial charge in [-0.3, -0.25) is 24.6 Å². The molecule has 56 heavy (non-hydrogen) atoms. The van der Waals surface area contributed by atoms with Gasteiger partial charge in [-0.2, -0.15) is 13.2 Å². The van der Waals surface area contributed by atoms with E-state index in [1.54, 1.807) is 24.4 Å². The van der Waals surface area contributed by atoms with Crippen molar-refractivity contribution in [2.24, 2.45) is 0 Å². The lowest BCUT2D eigenvalue weighted by Gasteiger charge is -2.44. The standard InChI is InChI=1S/C39H42F4N10O3/c40-30-17-27-22(20-53(37(27)56)31-3-4-33(54)48-36(31)55)16-32(30)51-14-8-24(9-15-51)50-12-6-25(7-13-50)52-11-5-23(21-52)47-38-46-19-29(39(41,42)43)34(49-38)28-18-45-35-26(28)2-1-10-44-35/h1-2,10,16-19,23-25,31H,3-9,11-15,20-21H2,(H,44,45)(H,46,47,49)(H,48,54,55)/t23-,31?/m1/s1. The number of aromatic amines is 1. The molecule has 0 spiro atoms. The Bertz CT molecular complexity index is 2180. The smallest absolute Gasteiger partial charge is 0.369 e. The van der Waals surface area contributed by atoms with Gasteiger partial charge in [0.1, 0.15) is 23.1 Å². The predicted octanol–water partition coefficient (Wildman–Crippen LogP) is 4.56. The topological polar surface area (TPSA) is 143 Å². The molecule has 17 heteroatoms. The van der Waals surface area contributed by atoms with Gasteiger partial charge in [0.15, 0.2) is 0 Å². The number of piperidine rings is 3. The highest BCUT2D eigenvalue weighted by Gasteiger charge is 2.41. The third kappa shape index (κ3) is 6.84. The van der Waals surface area contributed by atoms with Crippen LogP contribution in [0.15, 0.2) is 42.9 Å². The molecule has 4 aromatic rings. The maximum atomic E-state index is 15.5. The van der Waals surface area contributed by atoms with Gasteiger partial charge >= 0.3 is 6.18 Å². The molecule has 8 heterocycles. The van der Waals surface area contributed by atoms with Gasteiger partial charge < -0.3 is 25.0 Å². The van der Waals surface area contributed by atoms with E-state index in [1.165, 1.54) is 17.2 Å². The Morgan fingerprint density at radius 2 is 1.62 bits per heavy atom. The molecule has 5 aliphatic heterocycles. The Balaban J connectivity index is 0.774. The van der Waals surface area contributed by atoms with Gasteiger partial charge in [-0.25, -0.2) is 19.3 Å². The van der Waals surface area contributed by atoms with Crippen molar-refractivity contribution in [3.05, 3.63) is 65.4 Å². The average Bonchev–Trinajstić information content (AvgIpc) is 3.92. The SMILES string of the molecule is O=C1CCC(N2Cc3cc(N4CCC(N5CCC(N6CC[C@@H](Nc7ncc(C(F)(F)F)c(-c8c[nH]c9ncccc89)n7)C6)CC5)CC4)c(F)cc3C2=O)C(=O)N1. The summed E-state index contributed by atoms with van der Waals surface area (Å²) in [6.45, 7) is 5.14. The first-order valence-corrected chi connectivity index (χ1v) is 19.3. The van der Waals surface area contributed by atoms with E-state index < -0.39 is 29.5 Å². The Morgan fingerprint density at radius 1 is 0.875 bits per heavy atom. The number of aromatic nitrogens is 4. The molecule has 1 aromatic carbocycles. The number of alkyl halides is 3. The predicted molar refractivity (Wildman–Crippen MR) is 198 cm³/mol. The van der Waals surface area contributed by atoms with Crippen molar-refractivity contribution in [2.45, 2.75) is 81.8 Å². The highest BCUT2D eigenvalue weighted by molar-refractivity contribution is 6.05. The van der Waals surface area contributed by atoms with Gasteiger partial charge in [0, 0.05) is 92.4 Å². The summed E-state index contributed by atoms with van der Waals surface area (Å²) in [6, 6.07) is 6.51. The van der Waals surface area contributed by atoms with E-state index in [-0.39, 0.29) is 54.4 Å². The number of halogens is 4. The Kier molecular flexibility index (Phi) is 9.38. The van der Waals surface area contributed by atoms with Crippen molar-refractivity contribution in [3.8, 4) is 11.3 Å². The molecule has 4 saturated heterocycles. The lowest BCUT2D eigenvalue weighted by Crippen LogP contribution is -2.52. The monoisotopic (exact) mass is 774 g/mol. The third-order valence-electron chi connectivity index (χ3n) is 12.3. The van der Waals surface area contributed by atoms with Gasteiger partial charge in [0.05, 0.1) is 11.4 Å². The lowest BCUT2D eigenvalue weighted by atomic mass is 9.96. The van der Waals surface area contributed by atoms with Gasteiger partial charge in [-0.1, -0.05) is 0 Å². The first-order valence-electron chi connectivity index (χ1n) is 19.3. The van der Waals surface area contributed by atoms with E-state index in [1.807, 2.05) is 0 Å². The van der Waals surface area contributed by atoms with Crippen molar-refractivity contribution in [1.82, 2.24) is 40.0 Å². The van der Waals surface area contributed by atoms with E-state index in [9.17, 15) is 27.6 Å². The summed E-state index contributed by atoms with van der Waals surface area (Å²) in [5.74, 6) is -1.50. The van der Waals surface area contributed by atoms with Crippen molar-refractivity contribution in [3.63, 3.8) is 0 Å². The number of imide groups is 1. The molecule has 9 rings (SSSR count). The number of nitrogens with one attached hydrogen (secondary N) is 3. The molecule has 0 bridgehead atoms. The van der Waals surface area contributed by atoms with E-state index in [2.05, 4.69) is 45.3 Å². The van der Waals surface area contributed by atoms with Crippen LogP contribution in [-0.4, -0.2) is 116 Å². The van der Waals surface area contributed by atoms with Crippen molar-refractivity contribution >= 4 is 40.4 Å². The van der Waals surface area contributed by atoms with Crippen LogP contribution >= 0.6 is 0 Å². The minimum absolute atomic E-state index is 0.00446. The summed E-state index contributed by atoms with van der Waals surface area (Å²) in [5, 5.41) is 6.17. The highest BCUT2D eigenvalue weighted by atomic mass is 19.4. The molecule has 5 aliphatic rings. The van der Waals surface area contributed by atoms with Gasteiger partial charge in [0.25, 0.3) is 5.91 Å². The van der Waals surface area contributed by atoms with Crippen LogP contribution in [-0.2, 0) is 22.3 Å². The number of H-pyrrole nitrogens is 1. The third-order valence-corrected chi connectivity index (χ3v) is 12.3. The van der Waals surface area contributed by atoms with Crippen LogP contribution < -0.4 is 15.5 Å². The first kappa shape index (κ1) is 36.5. The fourth-order valence-electron chi connectivity index (χ4n) is 9.34. The van der Waals surface area contributed by atoms with Crippen LogP contribution in [0.3, 0.4) is 0 Å². The van der Waals surface area contributed by atoms with Gasteiger partial charge in [-0.15, -0.1) is 0 Å². The molecule has 0 aliphatic carbocycles. The molecule has 2 atom stereocenters. The molecule has 4 fully saturated rings. The maximum absolute atomic E-state index is 15.5. The van der Waals surface area contributed by atoms with Crippen LogP contribution in [0.2, 0.25) is 0 Å². The van der Waals surface area contributed by atoms with Crippen LogP contribution in [0.1, 0.15) is 66.4 Å². The summed E-state index contributed by atoms with van der Waals surface area (Å²) >= 11 is 0. The van der Waals surface area contributed by atoms with Crippen molar-refractivity contribution in [2.75, 3.05) is 49.5 Å². The summed E-state index contributed by atoms with van der Waals surface area (Å²) in [7, 11) is 0. The Labute approximate surface area is 319 Å². The number of anilines is 2. The second-order valence-corrected chi connectivity index (χ2v) is 15.5. The van der Waals surface area contributed by atoms with Crippen LogP contribution in [0.5, 0.6) is 0 Å². The summed E-state index contributed by atoms with van der Waals surface area (Å²) in [5.41, 5.74) is 1.17. The molecule has 3 amide bonds. The molecule has 0 radical (unpaired) electrons. The lowest BCUT2D eigenvalue weighted by molar-refractivity contribution is -0.138. The number of likely N-dealkylation sites (tertiary alicyclic amines) is 2. The van der Waals surface area contributed by atoms with Crippen LogP contribution in [0.25, 0.3) is 22.3 Å². The summed E-state index contributed by atoms with van der Waals surface area (Å²) < 4.78 is 57.6. The summed E-state index contributed by atoms with van der Waals surface area (Å²) in [4.78, 5) is 61.3. The highest BCUT2D eigenvalue weighted by Crippen LogP contribution is 2.39. The van der Waals surface area contributed by atoms with E-state index in [0.717, 1.165) is 64.5 Å². The fraction of sp³-hybridized carbons (Fsp3) is 0.487. The first-order chi connectivity index (χ1) is 27.0. The van der Waals surface area contributed by atoms with E-state index >= 15 is 4.39 Å². The number of rotatable bonds is 7. The van der Waals surface area contributed by atoms with E-state index in [0.29, 0.717) is 53.0 Å². The molecular weight excluding hydrogens is 732 g/mol. The number of hydrogen-bond acceptors (Lipinski definition) is 10. The van der Waals surface area contributed by atoms with Crippen LogP contribution in [0.4, 0.5) is 29.2 Å². The molecule has 294 valence electrons. The van der Waals surface area contributed by atoms with E-state index in [4.69, 9.17) is 0 Å². The zero-order valence-corrected chi connectivity index (χ0v) is 30.6. The normalized spacial score (nSPS) is 23.3. The second kappa shape index (κ2) is 14.4. The second-order valence-electron chi connectivity index (χ2n) is 15.5. The number of amides is 3. The number of carbonyl (C=O) groups excluding carboxylic acids is 3. The number of fused-ring (bicyclic) bond motifs is 2. The largest absolute Gasteiger partial charge is 0.419 e. The molecule has 3 aromatic heterocycles. The fourth-order valence-corrected chi connectivity index (χ4v) is 9.34. The minimum Gasteiger partial charge on any atom is -0.369 e. The molecule has 3 N–H and O–H groups in total. The molecule has 1 unspecified atom stereocenters. The molecular formula is C39H42F4N10O3. The minimum atomic E-state index is -4.62.